The summed E-state index contributed by atoms with van der Waals surface area (Å²) in [5.41, 5.74) is 0.968. The molecule has 1 aliphatic heterocycles. The zero-order valence-electron chi connectivity index (χ0n) is 12.2. The number of carboxylic acids is 1. The Morgan fingerprint density at radius 3 is 2.95 bits per heavy atom. The fourth-order valence-electron chi connectivity index (χ4n) is 2.59. The van der Waals surface area contributed by atoms with Crippen LogP contribution in [0.15, 0.2) is 12.3 Å². The van der Waals surface area contributed by atoms with Crippen LogP contribution in [-0.4, -0.2) is 49.8 Å². The predicted molar refractivity (Wildman–Crippen MR) is 81.0 cm³/mol. The molecule has 1 atom stereocenters. The number of thioether (sulfide) groups is 1. The van der Waals surface area contributed by atoms with Crippen molar-refractivity contribution in [3.05, 3.63) is 18.0 Å². The van der Waals surface area contributed by atoms with E-state index in [-0.39, 0.29) is 6.04 Å². The SMILES string of the molecule is CCC(CC)n1ccc(CN2CCSCC2C(=O)O)n1. The van der Waals surface area contributed by atoms with Gasteiger partial charge < -0.3 is 5.11 Å². The van der Waals surface area contributed by atoms with Gasteiger partial charge in [0.05, 0.1) is 11.7 Å². The molecule has 1 unspecified atom stereocenters. The van der Waals surface area contributed by atoms with E-state index in [1.54, 1.807) is 11.8 Å². The van der Waals surface area contributed by atoms with Gasteiger partial charge in [-0.1, -0.05) is 13.8 Å². The second-order valence-electron chi connectivity index (χ2n) is 5.16. The minimum atomic E-state index is -0.725. The van der Waals surface area contributed by atoms with Gasteiger partial charge >= 0.3 is 5.97 Å². The quantitative estimate of drug-likeness (QED) is 0.872. The molecule has 2 rings (SSSR count). The lowest BCUT2D eigenvalue weighted by molar-refractivity contribution is -0.142. The predicted octanol–water partition coefficient (Wildman–Crippen LogP) is 2.25. The Morgan fingerprint density at radius 1 is 1.55 bits per heavy atom. The highest BCUT2D eigenvalue weighted by Gasteiger charge is 2.29. The summed E-state index contributed by atoms with van der Waals surface area (Å²) in [5, 5.41) is 13.9. The van der Waals surface area contributed by atoms with Crippen molar-refractivity contribution in [3.63, 3.8) is 0 Å². The average Bonchev–Trinajstić information content (AvgIpc) is 2.89. The molecule has 0 radical (unpaired) electrons. The van der Waals surface area contributed by atoms with Crippen molar-refractivity contribution in [2.45, 2.75) is 45.3 Å². The number of carboxylic acid groups (broad SMARTS) is 1. The van der Waals surface area contributed by atoms with Crippen LogP contribution in [0.3, 0.4) is 0 Å². The van der Waals surface area contributed by atoms with Gasteiger partial charge in [0.15, 0.2) is 0 Å². The molecule has 0 saturated carbocycles. The molecule has 1 aromatic rings. The van der Waals surface area contributed by atoms with Gasteiger partial charge in [-0.2, -0.15) is 16.9 Å². The lowest BCUT2D eigenvalue weighted by atomic mass is 10.2. The monoisotopic (exact) mass is 297 g/mol. The lowest BCUT2D eigenvalue weighted by Gasteiger charge is -2.31. The van der Waals surface area contributed by atoms with Gasteiger partial charge in [0.1, 0.15) is 6.04 Å². The first kappa shape index (κ1) is 15.4. The van der Waals surface area contributed by atoms with Crippen LogP contribution in [0.25, 0.3) is 0 Å². The van der Waals surface area contributed by atoms with Crippen LogP contribution in [0.1, 0.15) is 38.4 Å². The summed E-state index contributed by atoms with van der Waals surface area (Å²) >= 11 is 1.71. The normalized spacial score (nSPS) is 20.4. The molecule has 0 amide bonds. The lowest BCUT2D eigenvalue weighted by Crippen LogP contribution is -2.46. The van der Waals surface area contributed by atoms with Crippen molar-refractivity contribution in [2.75, 3.05) is 18.1 Å². The van der Waals surface area contributed by atoms with Gasteiger partial charge in [0, 0.05) is 30.8 Å². The zero-order chi connectivity index (χ0) is 14.5. The molecule has 20 heavy (non-hydrogen) atoms. The summed E-state index contributed by atoms with van der Waals surface area (Å²) in [4.78, 5) is 13.3. The molecule has 0 aromatic carbocycles. The molecule has 5 nitrogen and oxygen atoms in total. The maximum Gasteiger partial charge on any atom is 0.321 e. The molecule has 2 heterocycles. The first-order chi connectivity index (χ1) is 9.65. The van der Waals surface area contributed by atoms with E-state index in [4.69, 9.17) is 0 Å². The highest BCUT2D eigenvalue weighted by molar-refractivity contribution is 7.99. The van der Waals surface area contributed by atoms with Gasteiger partial charge in [-0.15, -0.1) is 0 Å². The topological polar surface area (TPSA) is 58.4 Å². The Kier molecular flexibility index (Phi) is 5.48. The first-order valence-corrected chi connectivity index (χ1v) is 8.39. The van der Waals surface area contributed by atoms with Crippen LogP contribution in [0.4, 0.5) is 0 Å². The third-order valence-electron chi connectivity index (χ3n) is 3.87. The Labute approximate surface area is 124 Å². The van der Waals surface area contributed by atoms with E-state index in [1.807, 2.05) is 21.8 Å². The summed E-state index contributed by atoms with van der Waals surface area (Å²) in [6.07, 6.45) is 4.15. The smallest absolute Gasteiger partial charge is 0.321 e. The average molecular weight is 297 g/mol. The summed E-state index contributed by atoms with van der Waals surface area (Å²) in [6.45, 7) is 5.78. The summed E-state index contributed by atoms with van der Waals surface area (Å²) < 4.78 is 2.02. The number of aromatic nitrogens is 2. The molecule has 0 aliphatic carbocycles. The summed E-state index contributed by atoms with van der Waals surface area (Å²) in [7, 11) is 0. The number of hydrogen-bond donors (Lipinski definition) is 1. The van der Waals surface area contributed by atoms with Crippen LogP contribution >= 0.6 is 11.8 Å². The van der Waals surface area contributed by atoms with Gasteiger partial charge in [-0.3, -0.25) is 14.4 Å². The fraction of sp³-hybridized carbons (Fsp3) is 0.714. The molecule has 0 bridgehead atoms. The van der Waals surface area contributed by atoms with Crippen LogP contribution in [0.2, 0.25) is 0 Å². The highest BCUT2D eigenvalue weighted by Crippen LogP contribution is 2.20. The Morgan fingerprint density at radius 2 is 2.30 bits per heavy atom. The van der Waals surface area contributed by atoms with E-state index in [0.717, 1.165) is 30.8 Å². The Hall–Kier alpha value is -1.01. The van der Waals surface area contributed by atoms with Crippen molar-refractivity contribution in [1.29, 1.82) is 0 Å². The zero-order valence-corrected chi connectivity index (χ0v) is 13.0. The van der Waals surface area contributed by atoms with E-state index >= 15 is 0 Å². The van der Waals surface area contributed by atoms with Crippen LogP contribution in [0, 0.1) is 0 Å². The molecular weight excluding hydrogens is 274 g/mol. The number of rotatable bonds is 6. The van der Waals surface area contributed by atoms with E-state index in [2.05, 4.69) is 18.9 Å². The van der Waals surface area contributed by atoms with Gasteiger partial charge in [-0.25, -0.2) is 0 Å². The standard InChI is InChI=1S/C14H23N3O2S/c1-3-12(4-2)17-6-5-11(15-17)9-16-7-8-20-10-13(16)14(18)19/h5-6,12-13H,3-4,7-10H2,1-2H3,(H,18,19). The Balaban J connectivity index is 2.03. The summed E-state index contributed by atoms with van der Waals surface area (Å²) in [6, 6.07) is 2.07. The van der Waals surface area contributed by atoms with Gasteiger partial charge in [0.2, 0.25) is 0 Å². The Bertz CT molecular complexity index is 445. The largest absolute Gasteiger partial charge is 0.480 e. The van der Waals surface area contributed by atoms with E-state index in [0.29, 0.717) is 18.3 Å². The molecular formula is C14H23N3O2S. The number of hydrogen-bond acceptors (Lipinski definition) is 4. The van der Waals surface area contributed by atoms with Crippen molar-refractivity contribution >= 4 is 17.7 Å². The van der Waals surface area contributed by atoms with Crippen molar-refractivity contribution in [3.8, 4) is 0 Å². The highest BCUT2D eigenvalue weighted by atomic mass is 32.2. The molecule has 1 aromatic heterocycles. The minimum absolute atomic E-state index is 0.382. The van der Waals surface area contributed by atoms with Gasteiger partial charge in [-0.05, 0) is 18.9 Å². The molecule has 1 fully saturated rings. The second kappa shape index (κ2) is 7.13. The number of carbonyl (C=O) groups is 1. The maximum absolute atomic E-state index is 11.3. The third kappa shape index (κ3) is 3.55. The molecule has 112 valence electrons. The second-order valence-corrected chi connectivity index (χ2v) is 6.31. The van der Waals surface area contributed by atoms with Crippen LogP contribution in [0.5, 0.6) is 0 Å². The molecule has 1 aliphatic rings. The van der Waals surface area contributed by atoms with Crippen LogP contribution in [-0.2, 0) is 11.3 Å². The van der Waals surface area contributed by atoms with Crippen molar-refractivity contribution in [1.82, 2.24) is 14.7 Å². The maximum atomic E-state index is 11.3. The van der Waals surface area contributed by atoms with E-state index in [1.165, 1.54) is 0 Å². The molecule has 1 saturated heterocycles. The minimum Gasteiger partial charge on any atom is -0.480 e. The summed E-state index contributed by atoms with van der Waals surface area (Å²) in [5.74, 6) is 0.941. The van der Waals surface area contributed by atoms with E-state index < -0.39 is 5.97 Å². The van der Waals surface area contributed by atoms with Crippen LogP contribution < -0.4 is 0 Å². The molecule has 6 heteroatoms. The first-order valence-electron chi connectivity index (χ1n) is 7.24. The molecule has 1 N–H and O–H groups in total. The number of aliphatic carboxylic acids is 1. The van der Waals surface area contributed by atoms with E-state index in [9.17, 15) is 9.90 Å². The fourth-order valence-corrected chi connectivity index (χ4v) is 3.70. The third-order valence-corrected chi connectivity index (χ3v) is 4.89. The van der Waals surface area contributed by atoms with Crippen molar-refractivity contribution < 1.29 is 9.90 Å². The number of nitrogens with zero attached hydrogens (tertiary/aromatic N) is 3. The van der Waals surface area contributed by atoms with Crippen molar-refractivity contribution in [2.24, 2.45) is 0 Å². The molecule has 0 spiro atoms. The van der Waals surface area contributed by atoms with Gasteiger partial charge in [0.25, 0.3) is 0 Å².